The molecule has 0 amide bonds. The number of ketones is 1. The highest BCUT2D eigenvalue weighted by Gasteiger charge is 2.03. The molecule has 0 aromatic heterocycles. The molecule has 2 aromatic rings. The monoisotopic (exact) mass is 319 g/mol. The molecule has 0 spiro atoms. The molecular formula is C17H15ClFNO2. The van der Waals surface area contributed by atoms with Crippen LogP contribution in [0.3, 0.4) is 0 Å². The molecule has 0 radical (unpaired) electrons. The normalized spacial score (nSPS) is 10.7. The van der Waals surface area contributed by atoms with Crippen molar-refractivity contribution in [3.63, 3.8) is 0 Å². The van der Waals surface area contributed by atoms with Crippen molar-refractivity contribution in [3.8, 4) is 5.75 Å². The second-order valence-corrected chi connectivity index (χ2v) is 4.86. The van der Waals surface area contributed by atoms with Crippen LogP contribution in [0.15, 0.2) is 54.7 Å². The van der Waals surface area contributed by atoms with Crippen LogP contribution in [-0.2, 0) is 0 Å². The largest absolute Gasteiger partial charge is 0.494 e. The fourth-order valence-corrected chi connectivity index (χ4v) is 1.97. The van der Waals surface area contributed by atoms with Crippen LogP contribution >= 0.6 is 11.6 Å². The number of benzene rings is 2. The van der Waals surface area contributed by atoms with Crippen LogP contribution in [0, 0.1) is 5.82 Å². The SMILES string of the molecule is CCOc1ccc(C(=O)/C=C/Nc2cc(Cl)ccc2F)cc1. The molecule has 114 valence electrons. The zero-order valence-electron chi connectivity index (χ0n) is 12.0. The number of hydrogen-bond acceptors (Lipinski definition) is 3. The minimum absolute atomic E-state index is 0.196. The Hall–Kier alpha value is -2.33. The van der Waals surface area contributed by atoms with Gasteiger partial charge in [0.05, 0.1) is 12.3 Å². The highest BCUT2D eigenvalue weighted by atomic mass is 35.5. The Morgan fingerprint density at radius 3 is 2.68 bits per heavy atom. The Kier molecular flexibility index (Phi) is 5.55. The van der Waals surface area contributed by atoms with Gasteiger partial charge in [-0.05, 0) is 49.4 Å². The molecule has 0 aliphatic carbocycles. The highest BCUT2D eigenvalue weighted by Crippen LogP contribution is 2.19. The van der Waals surface area contributed by atoms with Gasteiger partial charge in [-0.15, -0.1) is 0 Å². The van der Waals surface area contributed by atoms with Crippen LogP contribution in [0.2, 0.25) is 5.02 Å². The third-order valence-electron chi connectivity index (χ3n) is 2.85. The first kappa shape index (κ1) is 16.0. The van der Waals surface area contributed by atoms with Crippen LogP contribution in [0.25, 0.3) is 0 Å². The fraction of sp³-hybridized carbons (Fsp3) is 0.118. The molecule has 2 aromatic carbocycles. The van der Waals surface area contributed by atoms with Gasteiger partial charge in [0.25, 0.3) is 0 Å². The number of carbonyl (C=O) groups excluding carboxylic acids is 1. The van der Waals surface area contributed by atoms with Gasteiger partial charge in [-0.25, -0.2) is 4.39 Å². The Morgan fingerprint density at radius 2 is 2.00 bits per heavy atom. The predicted octanol–water partition coefficient (Wildman–Crippen LogP) is 4.69. The van der Waals surface area contributed by atoms with E-state index in [2.05, 4.69) is 5.32 Å². The van der Waals surface area contributed by atoms with Gasteiger partial charge in [-0.2, -0.15) is 0 Å². The third-order valence-corrected chi connectivity index (χ3v) is 3.09. The van der Waals surface area contributed by atoms with E-state index >= 15 is 0 Å². The molecule has 1 N–H and O–H groups in total. The zero-order chi connectivity index (χ0) is 15.9. The van der Waals surface area contributed by atoms with Gasteiger partial charge < -0.3 is 10.1 Å². The summed E-state index contributed by atoms with van der Waals surface area (Å²) in [5.41, 5.74) is 0.733. The van der Waals surface area contributed by atoms with Gasteiger partial charge in [-0.1, -0.05) is 11.6 Å². The molecule has 0 atom stereocenters. The number of nitrogens with one attached hydrogen (secondary N) is 1. The van der Waals surface area contributed by atoms with Crippen molar-refractivity contribution in [1.29, 1.82) is 0 Å². The van der Waals surface area contributed by atoms with Crippen molar-refractivity contribution in [2.24, 2.45) is 0 Å². The highest BCUT2D eigenvalue weighted by molar-refractivity contribution is 6.30. The maximum atomic E-state index is 13.5. The Morgan fingerprint density at radius 1 is 1.27 bits per heavy atom. The average molecular weight is 320 g/mol. The molecule has 0 aliphatic heterocycles. The lowest BCUT2D eigenvalue weighted by molar-refractivity contribution is 0.104. The van der Waals surface area contributed by atoms with Crippen LogP contribution < -0.4 is 10.1 Å². The number of hydrogen-bond donors (Lipinski definition) is 1. The van der Waals surface area contributed by atoms with Crippen molar-refractivity contribution in [3.05, 3.63) is 71.1 Å². The van der Waals surface area contributed by atoms with Gasteiger partial charge >= 0.3 is 0 Å². The van der Waals surface area contributed by atoms with Gasteiger partial charge in [0.15, 0.2) is 5.78 Å². The van der Waals surface area contributed by atoms with Gasteiger partial charge in [0.2, 0.25) is 0 Å². The third kappa shape index (κ3) is 4.33. The van der Waals surface area contributed by atoms with E-state index < -0.39 is 5.82 Å². The summed E-state index contributed by atoms with van der Waals surface area (Å²) in [6.45, 7) is 2.46. The predicted molar refractivity (Wildman–Crippen MR) is 86.1 cm³/mol. The van der Waals surface area contributed by atoms with Crippen molar-refractivity contribution in [2.75, 3.05) is 11.9 Å². The van der Waals surface area contributed by atoms with Gasteiger partial charge in [-0.3, -0.25) is 4.79 Å². The summed E-state index contributed by atoms with van der Waals surface area (Å²) in [6.07, 6.45) is 2.71. The molecule has 22 heavy (non-hydrogen) atoms. The second-order valence-electron chi connectivity index (χ2n) is 4.42. The number of ether oxygens (including phenoxy) is 1. The van der Waals surface area contributed by atoms with Crippen molar-refractivity contribution >= 4 is 23.1 Å². The summed E-state index contributed by atoms with van der Waals surface area (Å²) in [7, 11) is 0. The van der Waals surface area contributed by atoms with Crippen molar-refractivity contribution in [2.45, 2.75) is 6.92 Å². The van der Waals surface area contributed by atoms with Crippen LogP contribution in [0.4, 0.5) is 10.1 Å². The number of allylic oxidation sites excluding steroid dienone is 1. The summed E-state index contributed by atoms with van der Waals surface area (Å²) < 4.78 is 18.8. The van der Waals surface area contributed by atoms with Crippen LogP contribution in [0.1, 0.15) is 17.3 Å². The number of halogens is 2. The minimum Gasteiger partial charge on any atom is -0.494 e. The molecule has 5 heteroatoms. The first-order valence-corrected chi connectivity index (χ1v) is 7.13. The van der Waals surface area contributed by atoms with Gasteiger partial charge in [0.1, 0.15) is 11.6 Å². The number of anilines is 1. The molecule has 0 unspecified atom stereocenters. The lowest BCUT2D eigenvalue weighted by Gasteiger charge is -2.04. The summed E-state index contributed by atoms with van der Waals surface area (Å²) in [5.74, 6) is 0.0719. The molecule has 0 saturated carbocycles. The maximum Gasteiger partial charge on any atom is 0.187 e. The van der Waals surface area contributed by atoms with Crippen molar-refractivity contribution < 1.29 is 13.9 Å². The van der Waals surface area contributed by atoms with E-state index in [0.29, 0.717) is 22.9 Å². The van der Waals surface area contributed by atoms with E-state index in [1.807, 2.05) is 6.92 Å². The first-order valence-electron chi connectivity index (χ1n) is 6.75. The molecule has 3 nitrogen and oxygen atoms in total. The Balaban J connectivity index is 2.00. The maximum absolute atomic E-state index is 13.5. The molecule has 0 saturated heterocycles. The molecular weight excluding hydrogens is 305 g/mol. The topological polar surface area (TPSA) is 38.3 Å². The lowest BCUT2D eigenvalue weighted by atomic mass is 10.1. The van der Waals surface area contributed by atoms with Crippen LogP contribution in [-0.4, -0.2) is 12.4 Å². The summed E-state index contributed by atoms with van der Waals surface area (Å²) in [5, 5.41) is 3.11. The lowest BCUT2D eigenvalue weighted by Crippen LogP contribution is -1.98. The van der Waals surface area contributed by atoms with E-state index in [0.717, 1.165) is 0 Å². The Labute approximate surface area is 133 Å². The number of rotatable bonds is 6. The summed E-state index contributed by atoms with van der Waals surface area (Å²) in [6, 6.07) is 11.0. The van der Waals surface area contributed by atoms with Crippen LogP contribution in [0.5, 0.6) is 5.75 Å². The first-order chi connectivity index (χ1) is 10.6. The zero-order valence-corrected chi connectivity index (χ0v) is 12.7. The smallest absolute Gasteiger partial charge is 0.187 e. The standard InChI is InChI=1S/C17H15ClFNO2/c1-2-22-14-6-3-12(4-7-14)17(21)9-10-20-16-11-13(18)5-8-15(16)19/h3-11,20H,2H2,1H3/b10-9+. The van der Waals surface area contributed by atoms with E-state index in [-0.39, 0.29) is 11.5 Å². The molecule has 0 aliphatic rings. The van der Waals surface area contributed by atoms with E-state index in [4.69, 9.17) is 16.3 Å². The van der Waals surface area contributed by atoms with Gasteiger partial charge in [0, 0.05) is 22.9 Å². The second kappa shape index (κ2) is 7.61. The molecule has 0 bridgehead atoms. The van der Waals surface area contributed by atoms with Crippen molar-refractivity contribution in [1.82, 2.24) is 0 Å². The molecule has 0 heterocycles. The Bertz CT molecular complexity index is 684. The average Bonchev–Trinajstić information content (AvgIpc) is 2.51. The quantitative estimate of drug-likeness (QED) is 0.620. The minimum atomic E-state index is -0.442. The van der Waals surface area contributed by atoms with E-state index in [1.165, 1.54) is 30.5 Å². The fourth-order valence-electron chi connectivity index (χ4n) is 1.79. The molecule has 0 fully saturated rings. The van der Waals surface area contributed by atoms with E-state index in [9.17, 15) is 9.18 Å². The number of carbonyl (C=O) groups is 1. The summed E-state index contributed by atoms with van der Waals surface area (Å²) in [4.78, 5) is 12.0. The molecule has 2 rings (SSSR count). The summed E-state index contributed by atoms with van der Waals surface area (Å²) >= 11 is 5.79. The van der Waals surface area contributed by atoms with E-state index in [1.54, 1.807) is 24.3 Å².